The van der Waals surface area contributed by atoms with Crippen LogP contribution in [-0.2, 0) is 6.54 Å². The van der Waals surface area contributed by atoms with Crippen molar-refractivity contribution in [3.05, 3.63) is 30.1 Å². The van der Waals surface area contributed by atoms with Gasteiger partial charge in [0.15, 0.2) is 0 Å². The molecule has 0 saturated heterocycles. The summed E-state index contributed by atoms with van der Waals surface area (Å²) in [6, 6.07) is 4.69. The average Bonchev–Trinajstić information content (AvgIpc) is 2.27. The van der Waals surface area contributed by atoms with Crippen LogP contribution in [0.15, 0.2) is 24.5 Å². The van der Waals surface area contributed by atoms with Gasteiger partial charge in [-0.15, -0.1) is 0 Å². The molecule has 0 aliphatic rings. The minimum atomic E-state index is 0.548. The molecule has 1 N–H and O–H groups in total. The summed E-state index contributed by atoms with van der Waals surface area (Å²) in [7, 11) is 2.16. The van der Waals surface area contributed by atoms with Crippen molar-refractivity contribution in [2.24, 2.45) is 0 Å². The average molecular weight is 221 g/mol. The summed E-state index contributed by atoms with van der Waals surface area (Å²) in [5, 5.41) is 3.49. The molecule has 0 aromatic carbocycles. The van der Waals surface area contributed by atoms with Crippen molar-refractivity contribution >= 4 is 0 Å². The Kier molecular flexibility index (Phi) is 6.04. The zero-order valence-corrected chi connectivity index (χ0v) is 10.6. The quantitative estimate of drug-likeness (QED) is 0.762. The lowest BCUT2D eigenvalue weighted by Gasteiger charge is -2.22. The Labute approximate surface area is 98.9 Å². The fourth-order valence-electron chi connectivity index (χ4n) is 1.79. The molecule has 0 saturated carbocycles. The molecule has 1 atom stereocenters. The summed E-state index contributed by atoms with van der Waals surface area (Å²) >= 11 is 0. The number of hydrogen-bond donors (Lipinski definition) is 1. The van der Waals surface area contributed by atoms with Crippen molar-refractivity contribution in [3.8, 4) is 0 Å². The molecule has 3 nitrogen and oxygen atoms in total. The SMILES string of the molecule is CCCNC(C)CN(C)Cc1ccncc1. The summed E-state index contributed by atoms with van der Waals surface area (Å²) in [5.41, 5.74) is 1.32. The Morgan fingerprint density at radius 2 is 2.06 bits per heavy atom. The van der Waals surface area contributed by atoms with E-state index >= 15 is 0 Å². The van der Waals surface area contributed by atoms with Gasteiger partial charge in [0, 0.05) is 31.5 Å². The van der Waals surface area contributed by atoms with E-state index in [0.29, 0.717) is 6.04 Å². The monoisotopic (exact) mass is 221 g/mol. The smallest absolute Gasteiger partial charge is 0.0271 e. The first kappa shape index (κ1) is 13.1. The highest BCUT2D eigenvalue weighted by atomic mass is 15.1. The lowest BCUT2D eigenvalue weighted by Crippen LogP contribution is -2.37. The summed E-state index contributed by atoms with van der Waals surface area (Å²) in [4.78, 5) is 6.36. The lowest BCUT2D eigenvalue weighted by molar-refractivity contribution is 0.290. The van der Waals surface area contributed by atoms with E-state index in [0.717, 1.165) is 19.6 Å². The molecule has 16 heavy (non-hydrogen) atoms. The van der Waals surface area contributed by atoms with Crippen molar-refractivity contribution in [1.82, 2.24) is 15.2 Å². The molecule has 1 aromatic rings. The first-order valence-electron chi connectivity index (χ1n) is 6.03. The molecule has 1 unspecified atom stereocenters. The molecule has 0 spiro atoms. The second-order valence-electron chi connectivity index (χ2n) is 4.41. The molecular formula is C13H23N3. The predicted molar refractivity (Wildman–Crippen MR) is 68.3 cm³/mol. The summed E-state index contributed by atoms with van der Waals surface area (Å²) in [5.74, 6) is 0. The second-order valence-corrected chi connectivity index (χ2v) is 4.41. The van der Waals surface area contributed by atoms with E-state index < -0.39 is 0 Å². The number of aromatic nitrogens is 1. The molecule has 90 valence electrons. The molecule has 1 aromatic heterocycles. The standard InChI is InChI=1S/C13H23N3/c1-4-7-15-12(2)10-16(3)11-13-5-8-14-9-6-13/h5-6,8-9,12,15H,4,7,10-11H2,1-3H3. The highest BCUT2D eigenvalue weighted by Gasteiger charge is 2.05. The molecule has 0 aliphatic carbocycles. The summed E-state index contributed by atoms with van der Waals surface area (Å²) in [6.45, 7) is 7.59. The van der Waals surface area contributed by atoms with Crippen LogP contribution < -0.4 is 5.32 Å². The van der Waals surface area contributed by atoms with Crippen LogP contribution in [0.1, 0.15) is 25.8 Å². The first-order chi connectivity index (χ1) is 7.72. The van der Waals surface area contributed by atoms with Gasteiger partial charge in [0.1, 0.15) is 0 Å². The van der Waals surface area contributed by atoms with Crippen molar-refractivity contribution < 1.29 is 0 Å². The number of nitrogens with one attached hydrogen (secondary N) is 1. The van der Waals surface area contributed by atoms with E-state index in [2.05, 4.69) is 48.2 Å². The Morgan fingerprint density at radius 3 is 2.69 bits per heavy atom. The first-order valence-corrected chi connectivity index (χ1v) is 6.03. The van der Waals surface area contributed by atoms with Gasteiger partial charge < -0.3 is 10.2 Å². The Hall–Kier alpha value is -0.930. The Balaban J connectivity index is 2.27. The van der Waals surface area contributed by atoms with E-state index in [1.165, 1.54) is 12.0 Å². The maximum absolute atomic E-state index is 4.02. The van der Waals surface area contributed by atoms with Crippen molar-refractivity contribution in [2.45, 2.75) is 32.9 Å². The fraction of sp³-hybridized carbons (Fsp3) is 0.615. The minimum Gasteiger partial charge on any atom is -0.313 e. The van der Waals surface area contributed by atoms with Crippen LogP contribution in [0.2, 0.25) is 0 Å². The maximum Gasteiger partial charge on any atom is 0.0271 e. The van der Waals surface area contributed by atoms with Crippen LogP contribution in [0.3, 0.4) is 0 Å². The van der Waals surface area contributed by atoms with Crippen LogP contribution in [0.4, 0.5) is 0 Å². The van der Waals surface area contributed by atoms with Crippen LogP contribution in [0, 0.1) is 0 Å². The number of hydrogen-bond acceptors (Lipinski definition) is 3. The molecule has 0 radical (unpaired) electrons. The highest BCUT2D eigenvalue weighted by Crippen LogP contribution is 2.01. The second kappa shape index (κ2) is 7.36. The Morgan fingerprint density at radius 1 is 1.38 bits per heavy atom. The van der Waals surface area contributed by atoms with Gasteiger partial charge in [-0.3, -0.25) is 4.98 Å². The molecule has 3 heteroatoms. The third kappa shape index (κ3) is 5.24. The topological polar surface area (TPSA) is 28.2 Å². The number of likely N-dealkylation sites (N-methyl/N-ethyl adjacent to an activating group) is 1. The van der Waals surface area contributed by atoms with Gasteiger partial charge in [-0.05, 0) is 44.6 Å². The van der Waals surface area contributed by atoms with Gasteiger partial charge in [0.2, 0.25) is 0 Å². The van der Waals surface area contributed by atoms with Crippen LogP contribution in [0.5, 0.6) is 0 Å². The van der Waals surface area contributed by atoms with Crippen LogP contribution in [0.25, 0.3) is 0 Å². The lowest BCUT2D eigenvalue weighted by atomic mass is 10.2. The summed E-state index contributed by atoms with van der Waals surface area (Å²) < 4.78 is 0. The zero-order valence-electron chi connectivity index (χ0n) is 10.6. The predicted octanol–water partition coefficient (Wildman–Crippen LogP) is 1.90. The van der Waals surface area contributed by atoms with E-state index in [9.17, 15) is 0 Å². The molecule has 1 rings (SSSR count). The van der Waals surface area contributed by atoms with E-state index in [-0.39, 0.29) is 0 Å². The van der Waals surface area contributed by atoms with Crippen molar-refractivity contribution in [3.63, 3.8) is 0 Å². The molecule has 1 heterocycles. The number of nitrogens with zero attached hydrogens (tertiary/aromatic N) is 2. The third-order valence-corrected chi connectivity index (χ3v) is 2.53. The van der Waals surface area contributed by atoms with Gasteiger partial charge >= 0.3 is 0 Å². The molecule has 0 aliphatic heterocycles. The highest BCUT2D eigenvalue weighted by molar-refractivity contribution is 5.09. The number of rotatable bonds is 7. The van der Waals surface area contributed by atoms with E-state index in [4.69, 9.17) is 0 Å². The van der Waals surface area contributed by atoms with E-state index in [1.54, 1.807) is 0 Å². The van der Waals surface area contributed by atoms with Crippen LogP contribution in [-0.4, -0.2) is 36.1 Å². The largest absolute Gasteiger partial charge is 0.313 e. The van der Waals surface area contributed by atoms with Gasteiger partial charge in [-0.1, -0.05) is 6.92 Å². The Bertz CT molecular complexity index is 274. The van der Waals surface area contributed by atoms with Crippen molar-refractivity contribution in [2.75, 3.05) is 20.1 Å². The normalized spacial score (nSPS) is 13.0. The van der Waals surface area contributed by atoms with Crippen molar-refractivity contribution in [1.29, 1.82) is 0 Å². The molecular weight excluding hydrogens is 198 g/mol. The van der Waals surface area contributed by atoms with Gasteiger partial charge in [0.05, 0.1) is 0 Å². The maximum atomic E-state index is 4.02. The number of pyridine rings is 1. The van der Waals surface area contributed by atoms with Gasteiger partial charge in [0.25, 0.3) is 0 Å². The molecule has 0 fully saturated rings. The van der Waals surface area contributed by atoms with Crippen LogP contribution >= 0.6 is 0 Å². The molecule has 0 bridgehead atoms. The van der Waals surface area contributed by atoms with E-state index in [1.807, 2.05) is 12.4 Å². The summed E-state index contributed by atoms with van der Waals surface area (Å²) in [6.07, 6.45) is 4.89. The zero-order chi connectivity index (χ0) is 11.8. The fourth-order valence-corrected chi connectivity index (χ4v) is 1.79. The third-order valence-electron chi connectivity index (χ3n) is 2.53. The van der Waals surface area contributed by atoms with Gasteiger partial charge in [-0.2, -0.15) is 0 Å². The minimum absolute atomic E-state index is 0.548. The van der Waals surface area contributed by atoms with Gasteiger partial charge in [-0.25, -0.2) is 0 Å². The molecule has 0 amide bonds.